The third-order valence-electron chi connectivity index (χ3n) is 3.11. The summed E-state index contributed by atoms with van der Waals surface area (Å²) in [5, 5.41) is 3.45. The lowest BCUT2D eigenvalue weighted by Crippen LogP contribution is -2.34. The average Bonchev–Trinajstić information content (AvgIpc) is 2.72. The van der Waals surface area contributed by atoms with Gasteiger partial charge in [-0.3, -0.25) is 4.90 Å². The smallest absolute Gasteiger partial charge is 0.118 e. The number of furan rings is 1. The van der Waals surface area contributed by atoms with E-state index in [2.05, 4.69) is 63.9 Å². The quantitative estimate of drug-likeness (QED) is 0.814. The van der Waals surface area contributed by atoms with Crippen molar-refractivity contribution in [2.75, 3.05) is 6.54 Å². The van der Waals surface area contributed by atoms with Crippen molar-refractivity contribution >= 4 is 0 Å². The van der Waals surface area contributed by atoms with Crippen LogP contribution >= 0.6 is 0 Å². The minimum atomic E-state index is 0.124. The fourth-order valence-corrected chi connectivity index (χ4v) is 1.96. The Bertz CT molecular complexity index is 363. The molecule has 1 N–H and O–H groups in total. The van der Waals surface area contributed by atoms with E-state index in [4.69, 9.17) is 4.42 Å². The Kier molecular flexibility index (Phi) is 6.08. The summed E-state index contributed by atoms with van der Waals surface area (Å²) >= 11 is 0. The molecule has 0 aliphatic rings. The Labute approximate surface area is 118 Å². The first-order valence-corrected chi connectivity index (χ1v) is 7.38. The molecule has 3 heteroatoms. The molecule has 1 aromatic heterocycles. The predicted octanol–water partition coefficient (Wildman–Crippen LogP) is 3.79. The summed E-state index contributed by atoms with van der Waals surface area (Å²) in [6, 6.07) is 4.74. The first kappa shape index (κ1) is 16.3. The van der Waals surface area contributed by atoms with E-state index in [-0.39, 0.29) is 5.54 Å². The molecule has 0 atom stereocenters. The van der Waals surface area contributed by atoms with E-state index in [1.165, 1.54) is 6.42 Å². The molecule has 19 heavy (non-hydrogen) atoms. The molecule has 0 radical (unpaired) electrons. The van der Waals surface area contributed by atoms with Gasteiger partial charge in [0.1, 0.15) is 11.5 Å². The SMILES string of the molecule is CCCN(Cc1ccc(CNC(C)(C)C)o1)C(C)C. The van der Waals surface area contributed by atoms with Gasteiger partial charge < -0.3 is 9.73 Å². The van der Waals surface area contributed by atoms with Crippen molar-refractivity contribution in [3.05, 3.63) is 23.7 Å². The molecule has 0 bridgehead atoms. The second kappa shape index (κ2) is 7.11. The summed E-state index contributed by atoms with van der Waals surface area (Å²) in [5.74, 6) is 2.08. The van der Waals surface area contributed by atoms with Gasteiger partial charge in [0.15, 0.2) is 0 Å². The molecular weight excluding hydrogens is 236 g/mol. The predicted molar refractivity (Wildman–Crippen MR) is 81.1 cm³/mol. The Hall–Kier alpha value is -0.800. The topological polar surface area (TPSA) is 28.4 Å². The van der Waals surface area contributed by atoms with E-state index in [1.807, 2.05) is 0 Å². The fourth-order valence-electron chi connectivity index (χ4n) is 1.96. The fraction of sp³-hybridized carbons (Fsp3) is 0.750. The molecule has 1 aromatic rings. The van der Waals surface area contributed by atoms with Gasteiger partial charge in [-0.1, -0.05) is 6.92 Å². The summed E-state index contributed by atoms with van der Waals surface area (Å²) in [6.07, 6.45) is 1.18. The van der Waals surface area contributed by atoms with Crippen LogP contribution in [0.5, 0.6) is 0 Å². The van der Waals surface area contributed by atoms with Crippen molar-refractivity contribution in [2.45, 2.75) is 72.6 Å². The number of rotatable bonds is 7. The van der Waals surface area contributed by atoms with Gasteiger partial charge in [0.2, 0.25) is 0 Å². The highest BCUT2D eigenvalue weighted by atomic mass is 16.3. The molecule has 0 fully saturated rings. The van der Waals surface area contributed by atoms with Gasteiger partial charge in [0.05, 0.1) is 13.1 Å². The normalized spacial score (nSPS) is 12.6. The van der Waals surface area contributed by atoms with Gasteiger partial charge >= 0.3 is 0 Å². The van der Waals surface area contributed by atoms with Crippen LogP contribution < -0.4 is 5.32 Å². The van der Waals surface area contributed by atoms with Crippen molar-refractivity contribution in [1.29, 1.82) is 0 Å². The molecule has 0 aliphatic heterocycles. The third-order valence-corrected chi connectivity index (χ3v) is 3.11. The first-order chi connectivity index (χ1) is 8.81. The molecule has 0 aliphatic carbocycles. The lowest BCUT2D eigenvalue weighted by molar-refractivity contribution is 0.195. The van der Waals surface area contributed by atoms with Gasteiger partial charge in [-0.2, -0.15) is 0 Å². The van der Waals surface area contributed by atoms with Crippen LogP contribution in [0.1, 0.15) is 59.5 Å². The molecule has 0 aromatic carbocycles. The van der Waals surface area contributed by atoms with E-state index in [9.17, 15) is 0 Å². The van der Waals surface area contributed by atoms with Crippen LogP contribution in [-0.2, 0) is 13.1 Å². The number of nitrogens with one attached hydrogen (secondary N) is 1. The zero-order valence-electron chi connectivity index (χ0n) is 13.4. The van der Waals surface area contributed by atoms with Crippen molar-refractivity contribution in [3.8, 4) is 0 Å². The summed E-state index contributed by atoms with van der Waals surface area (Å²) < 4.78 is 5.90. The Morgan fingerprint density at radius 1 is 1.21 bits per heavy atom. The highest BCUT2D eigenvalue weighted by molar-refractivity contribution is 5.07. The van der Waals surface area contributed by atoms with Crippen LogP contribution in [0, 0.1) is 0 Å². The van der Waals surface area contributed by atoms with Crippen LogP contribution in [0.3, 0.4) is 0 Å². The maximum absolute atomic E-state index is 5.90. The van der Waals surface area contributed by atoms with Crippen molar-refractivity contribution in [3.63, 3.8) is 0 Å². The number of hydrogen-bond donors (Lipinski definition) is 1. The molecule has 0 amide bonds. The zero-order valence-corrected chi connectivity index (χ0v) is 13.4. The van der Waals surface area contributed by atoms with Crippen molar-refractivity contribution in [2.24, 2.45) is 0 Å². The summed E-state index contributed by atoms with van der Waals surface area (Å²) in [5.41, 5.74) is 0.124. The van der Waals surface area contributed by atoms with Crippen LogP contribution in [0.4, 0.5) is 0 Å². The summed E-state index contributed by atoms with van der Waals surface area (Å²) in [6.45, 7) is 16.0. The van der Waals surface area contributed by atoms with Crippen molar-refractivity contribution in [1.82, 2.24) is 10.2 Å². The largest absolute Gasteiger partial charge is 0.463 e. The Balaban J connectivity index is 2.54. The van der Waals surface area contributed by atoms with Gasteiger partial charge in [0, 0.05) is 11.6 Å². The van der Waals surface area contributed by atoms with E-state index < -0.39 is 0 Å². The van der Waals surface area contributed by atoms with Gasteiger partial charge in [-0.15, -0.1) is 0 Å². The molecule has 0 spiro atoms. The zero-order chi connectivity index (χ0) is 14.5. The third kappa shape index (κ3) is 6.26. The van der Waals surface area contributed by atoms with E-state index in [0.29, 0.717) is 6.04 Å². The molecule has 0 saturated heterocycles. The van der Waals surface area contributed by atoms with Crippen LogP contribution in [-0.4, -0.2) is 23.0 Å². The highest BCUT2D eigenvalue weighted by Gasteiger charge is 2.13. The van der Waals surface area contributed by atoms with Crippen LogP contribution in [0.2, 0.25) is 0 Å². The molecule has 3 nitrogen and oxygen atoms in total. The highest BCUT2D eigenvalue weighted by Crippen LogP contribution is 2.14. The Morgan fingerprint density at radius 2 is 1.84 bits per heavy atom. The minimum absolute atomic E-state index is 0.124. The standard InChI is InChI=1S/C16H30N2O/c1-7-10-18(13(2)3)12-15-9-8-14(19-15)11-17-16(4,5)6/h8-9,13,17H,7,10-12H2,1-6H3. The van der Waals surface area contributed by atoms with E-state index in [1.54, 1.807) is 0 Å². The molecule has 110 valence electrons. The lowest BCUT2D eigenvalue weighted by atomic mass is 10.1. The van der Waals surface area contributed by atoms with Crippen LogP contribution in [0.15, 0.2) is 16.5 Å². The van der Waals surface area contributed by atoms with Crippen molar-refractivity contribution < 1.29 is 4.42 Å². The summed E-state index contributed by atoms with van der Waals surface area (Å²) in [4.78, 5) is 2.44. The molecule has 0 unspecified atom stereocenters. The average molecular weight is 266 g/mol. The monoisotopic (exact) mass is 266 g/mol. The minimum Gasteiger partial charge on any atom is -0.463 e. The molecule has 1 rings (SSSR count). The van der Waals surface area contributed by atoms with E-state index in [0.717, 1.165) is 31.2 Å². The lowest BCUT2D eigenvalue weighted by Gasteiger charge is -2.24. The van der Waals surface area contributed by atoms with Gasteiger partial charge in [-0.05, 0) is 59.7 Å². The maximum atomic E-state index is 5.90. The van der Waals surface area contributed by atoms with E-state index >= 15 is 0 Å². The molecule has 0 saturated carbocycles. The first-order valence-electron chi connectivity index (χ1n) is 7.38. The van der Waals surface area contributed by atoms with Crippen LogP contribution in [0.25, 0.3) is 0 Å². The summed E-state index contributed by atoms with van der Waals surface area (Å²) in [7, 11) is 0. The number of hydrogen-bond acceptors (Lipinski definition) is 3. The van der Waals surface area contributed by atoms with Gasteiger partial charge in [0.25, 0.3) is 0 Å². The Morgan fingerprint density at radius 3 is 2.37 bits per heavy atom. The molecule has 1 heterocycles. The van der Waals surface area contributed by atoms with Gasteiger partial charge in [-0.25, -0.2) is 0 Å². The maximum Gasteiger partial charge on any atom is 0.118 e. The second-order valence-electron chi connectivity index (χ2n) is 6.54. The number of nitrogens with zero attached hydrogens (tertiary/aromatic N) is 1. The second-order valence-corrected chi connectivity index (χ2v) is 6.54. The molecular formula is C16H30N2O.